The van der Waals surface area contributed by atoms with Gasteiger partial charge in [-0.1, -0.05) is 6.07 Å². The monoisotopic (exact) mass is 601 g/mol. The molecule has 2 aromatic rings. The molecule has 2 amide bonds. The van der Waals surface area contributed by atoms with Gasteiger partial charge in [-0.05, 0) is 57.2 Å². The van der Waals surface area contributed by atoms with Crippen molar-refractivity contribution < 1.29 is 50.2 Å². The summed E-state index contributed by atoms with van der Waals surface area (Å²) in [6.07, 6.45) is -7.05. The van der Waals surface area contributed by atoms with Gasteiger partial charge in [-0.2, -0.15) is 13.2 Å². The van der Waals surface area contributed by atoms with Crippen molar-refractivity contribution in [2.75, 3.05) is 29.8 Å². The third kappa shape index (κ3) is 8.49. The molecular formula is C26H30F3N3O8S. The number of rotatable bonds is 8. The van der Waals surface area contributed by atoms with Gasteiger partial charge in [0.05, 0.1) is 42.6 Å². The van der Waals surface area contributed by atoms with E-state index in [0.29, 0.717) is 6.07 Å². The van der Waals surface area contributed by atoms with Gasteiger partial charge in [-0.15, -0.1) is 0 Å². The highest BCUT2D eigenvalue weighted by Gasteiger charge is 2.38. The van der Waals surface area contributed by atoms with E-state index >= 15 is 0 Å². The van der Waals surface area contributed by atoms with Crippen molar-refractivity contribution in [1.29, 1.82) is 0 Å². The van der Waals surface area contributed by atoms with E-state index < -0.39 is 62.9 Å². The lowest BCUT2D eigenvalue weighted by atomic mass is 10.1. The van der Waals surface area contributed by atoms with Crippen LogP contribution < -0.4 is 19.7 Å². The van der Waals surface area contributed by atoms with Crippen molar-refractivity contribution in [1.82, 2.24) is 5.32 Å². The molecule has 0 aliphatic carbocycles. The topological polar surface area (TPSA) is 140 Å². The van der Waals surface area contributed by atoms with Crippen LogP contribution in [0, 0.1) is 0 Å². The van der Waals surface area contributed by atoms with Gasteiger partial charge in [0, 0.05) is 12.2 Å². The molecule has 0 fully saturated rings. The molecule has 2 N–H and O–H groups in total. The quantitative estimate of drug-likeness (QED) is 0.432. The molecule has 11 nitrogen and oxygen atoms in total. The van der Waals surface area contributed by atoms with E-state index in [4.69, 9.17) is 9.47 Å². The second-order valence-electron chi connectivity index (χ2n) is 9.99. The molecule has 1 unspecified atom stereocenters. The number of sulfonamides is 1. The van der Waals surface area contributed by atoms with Crippen molar-refractivity contribution in [2.45, 2.75) is 56.4 Å². The van der Waals surface area contributed by atoms with E-state index in [-0.39, 0.29) is 36.5 Å². The molecule has 2 aromatic carbocycles. The molecule has 224 valence electrons. The summed E-state index contributed by atoms with van der Waals surface area (Å²) in [5.41, 5.74) is -1.91. The zero-order valence-corrected chi connectivity index (χ0v) is 23.5. The second kappa shape index (κ2) is 12.2. The maximum Gasteiger partial charge on any atom is 0.416 e. The zero-order valence-electron chi connectivity index (χ0n) is 22.7. The molecule has 3 rings (SSSR count). The van der Waals surface area contributed by atoms with Crippen molar-refractivity contribution in [3.8, 4) is 5.75 Å². The van der Waals surface area contributed by atoms with Gasteiger partial charge in [0.15, 0.2) is 0 Å². The summed E-state index contributed by atoms with van der Waals surface area (Å²) >= 11 is 0. The number of benzene rings is 2. The number of halogens is 3. The van der Waals surface area contributed by atoms with Gasteiger partial charge in [0.1, 0.15) is 17.5 Å². The van der Waals surface area contributed by atoms with E-state index in [0.717, 1.165) is 22.5 Å². The lowest BCUT2D eigenvalue weighted by Gasteiger charge is -2.35. The summed E-state index contributed by atoms with van der Waals surface area (Å²) in [6, 6.07) is 7.31. The minimum absolute atomic E-state index is 0.00824. The largest absolute Gasteiger partial charge is 0.486 e. The van der Waals surface area contributed by atoms with Crippen molar-refractivity contribution in [2.24, 2.45) is 0 Å². The molecule has 1 aliphatic heterocycles. The number of carbonyl (C=O) groups is 3. The lowest BCUT2D eigenvalue weighted by molar-refractivity contribution is -0.140. The summed E-state index contributed by atoms with van der Waals surface area (Å²) in [6.45, 7) is 4.50. The fourth-order valence-electron chi connectivity index (χ4n) is 3.79. The number of nitrogens with one attached hydrogen (secondary N) is 2. The zero-order chi connectivity index (χ0) is 30.6. The fourth-order valence-corrected chi connectivity index (χ4v) is 5.34. The third-order valence-electron chi connectivity index (χ3n) is 5.58. The number of fused-ring (bicyclic) bond motifs is 1. The first-order chi connectivity index (χ1) is 19.0. The predicted molar refractivity (Wildman–Crippen MR) is 141 cm³/mol. The number of amides is 2. The van der Waals surface area contributed by atoms with Crippen molar-refractivity contribution >= 4 is 39.4 Å². The van der Waals surface area contributed by atoms with E-state index in [1.165, 1.54) is 25.3 Å². The van der Waals surface area contributed by atoms with Gasteiger partial charge in [0.25, 0.3) is 10.0 Å². The Balaban J connectivity index is 1.95. The maximum absolute atomic E-state index is 13.7. The minimum Gasteiger partial charge on any atom is -0.486 e. The van der Waals surface area contributed by atoms with Gasteiger partial charge >= 0.3 is 18.2 Å². The Morgan fingerprint density at radius 3 is 2.44 bits per heavy atom. The molecule has 1 aliphatic rings. The van der Waals surface area contributed by atoms with Crippen LogP contribution >= 0.6 is 0 Å². The average Bonchev–Trinajstić information content (AvgIpc) is 2.86. The molecule has 0 saturated heterocycles. The fraction of sp³-hybridized carbons (Fsp3) is 0.423. The summed E-state index contributed by atoms with van der Waals surface area (Å²) in [5, 5.41) is 4.98. The van der Waals surface area contributed by atoms with Crippen LogP contribution in [0.4, 0.5) is 29.3 Å². The number of esters is 1. The summed E-state index contributed by atoms with van der Waals surface area (Å²) in [5.74, 6) is -1.09. The van der Waals surface area contributed by atoms with Crippen LogP contribution in [-0.2, 0) is 35.3 Å². The minimum atomic E-state index is -4.79. The van der Waals surface area contributed by atoms with Gasteiger partial charge < -0.3 is 19.5 Å². The number of hydrogen-bond acceptors (Lipinski definition) is 8. The van der Waals surface area contributed by atoms with E-state index in [9.17, 15) is 36.0 Å². The van der Waals surface area contributed by atoms with Gasteiger partial charge in [-0.25, -0.2) is 13.2 Å². The van der Waals surface area contributed by atoms with Crippen molar-refractivity contribution in [3.05, 3.63) is 48.0 Å². The molecule has 0 radical (unpaired) electrons. The molecular weight excluding hydrogens is 571 g/mol. The van der Waals surface area contributed by atoms with Crippen molar-refractivity contribution in [3.63, 3.8) is 0 Å². The normalized spacial score (nSPS) is 15.3. The number of ether oxygens (including phenoxy) is 3. The first-order valence-electron chi connectivity index (χ1n) is 12.3. The van der Waals surface area contributed by atoms with E-state index in [1.807, 2.05) is 0 Å². The van der Waals surface area contributed by atoms with Crippen LogP contribution in [-0.4, -0.2) is 58.3 Å². The first-order valence-corrected chi connectivity index (χ1v) is 13.8. The highest BCUT2D eigenvalue weighted by atomic mass is 32.2. The molecule has 1 heterocycles. The van der Waals surface area contributed by atoms with Crippen LogP contribution in [0.2, 0.25) is 0 Å². The Hall–Kier alpha value is -4.01. The summed E-state index contributed by atoms with van der Waals surface area (Å²) in [4.78, 5) is 35.4. The standard InChI is InChI=1S/C26H30F3N3O8S/c1-25(2,3)40-24(35)31-17-8-9-21-20(13-17)32(15-18(39-21)14-22(33)30-11-10-23(34)38-4)41(36,37)19-7-5-6-16(12-19)26(27,28)29/h5-9,12-13,18H,10-11,14-15H2,1-4H3,(H,30,33)(H,31,35). The van der Waals surface area contributed by atoms with E-state index in [2.05, 4.69) is 15.4 Å². The highest BCUT2D eigenvalue weighted by molar-refractivity contribution is 7.92. The van der Waals surface area contributed by atoms with Gasteiger partial charge in [0.2, 0.25) is 5.91 Å². The average molecular weight is 602 g/mol. The number of alkyl halides is 3. The summed E-state index contributed by atoms with van der Waals surface area (Å²) < 4.78 is 83.9. The Morgan fingerprint density at radius 1 is 1.10 bits per heavy atom. The number of methoxy groups -OCH3 is 1. The number of anilines is 2. The van der Waals surface area contributed by atoms with Crippen LogP contribution in [0.1, 0.15) is 39.2 Å². The molecule has 15 heteroatoms. The lowest BCUT2D eigenvalue weighted by Crippen LogP contribution is -2.45. The second-order valence-corrected chi connectivity index (χ2v) is 11.9. The van der Waals surface area contributed by atoms with Crippen LogP contribution in [0.25, 0.3) is 0 Å². The third-order valence-corrected chi connectivity index (χ3v) is 7.35. The Bertz CT molecular complexity index is 1410. The smallest absolute Gasteiger partial charge is 0.416 e. The Morgan fingerprint density at radius 2 is 1.80 bits per heavy atom. The number of hydrogen-bond donors (Lipinski definition) is 2. The molecule has 41 heavy (non-hydrogen) atoms. The molecule has 0 aromatic heterocycles. The Labute approximate surface area is 235 Å². The molecule has 0 bridgehead atoms. The van der Waals surface area contributed by atoms with E-state index in [1.54, 1.807) is 20.8 Å². The van der Waals surface area contributed by atoms with Crippen LogP contribution in [0.5, 0.6) is 5.75 Å². The Kier molecular flexibility index (Phi) is 9.41. The van der Waals surface area contributed by atoms with Crippen LogP contribution in [0.3, 0.4) is 0 Å². The molecule has 0 saturated carbocycles. The summed E-state index contributed by atoms with van der Waals surface area (Å²) in [7, 11) is -3.42. The highest BCUT2D eigenvalue weighted by Crippen LogP contribution is 2.40. The molecule has 0 spiro atoms. The SMILES string of the molecule is COC(=O)CCNC(=O)CC1CN(S(=O)(=O)c2cccc(C(F)(F)F)c2)c2cc(NC(=O)OC(C)(C)C)ccc2O1. The maximum atomic E-state index is 13.7. The number of carbonyl (C=O) groups excluding carboxylic acids is 3. The number of nitrogens with zero attached hydrogens (tertiary/aromatic N) is 1. The molecule has 1 atom stereocenters. The van der Waals surface area contributed by atoms with Crippen LogP contribution in [0.15, 0.2) is 47.4 Å². The predicted octanol–water partition coefficient (Wildman–Crippen LogP) is 4.08. The first kappa shape index (κ1) is 31.5. The van der Waals surface area contributed by atoms with Gasteiger partial charge in [-0.3, -0.25) is 19.2 Å².